The van der Waals surface area contributed by atoms with Crippen LogP contribution in [-0.2, 0) is 6.42 Å². The molecule has 0 radical (unpaired) electrons. The molecule has 6 heteroatoms. The number of aryl methyl sites for hydroxylation is 1. The third kappa shape index (κ3) is 2.50. The van der Waals surface area contributed by atoms with Gasteiger partial charge in [-0.2, -0.15) is 0 Å². The fraction of sp³-hybridized carbons (Fsp3) is 0.286. The molecule has 4 N–H and O–H groups in total. The second kappa shape index (κ2) is 5.75. The Kier molecular flexibility index (Phi) is 4.05. The Hall–Kier alpha value is -2.34. The van der Waals surface area contributed by atoms with Crippen molar-refractivity contribution in [2.75, 3.05) is 12.5 Å². The molecule has 106 valence electrons. The van der Waals surface area contributed by atoms with Crippen LogP contribution in [0.3, 0.4) is 0 Å². The van der Waals surface area contributed by atoms with Crippen LogP contribution in [0.1, 0.15) is 18.2 Å². The average molecular weight is 274 g/mol. The van der Waals surface area contributed by atoms with Gasteiger partial charge in [0.15, 0.2) is 17.3 Å². The number of rotatable bonds is 4. The van der Waals surface area contributed by atoms with Crippen LogP contribution in [0.2, 0.25) is 0 Å². The number of hydrogen-bond acceptors (Lipinski definition) is 6. The van der Waals surface area contributed by atoms with Gasteiger partial charge in [0.05, 0.1) is 7.11 Å². The number of nitrogen functional groups attached to an aromatic ring is 1. The van der Waals surface area contributed by atoms with Crippen molar-refractivity contribution >= 4 is 5.82 Å². The lowest BCUT2D eigenvalue weighted by Gasteiger charge is -2.12. The standard InChI is InChI=1S/C14H18N4O2/c1-4-10-8(2)13(18-15)17-14(16-10)9-5-6-11(19)12(7-9)20-3/h5-7,19H,4,15H2,1-3H3,(H,16,17,18). The van der Waals surface area contributed by atoms with E-state index in [1.54, 1.807) is 18.2 Å². The summed E-state index contributed by atoms with van der Waals surface area (Å²) in [7, 11) is 1.50. The lowest BCUT2D eigenvalue weighted by atomic mass is 10.1. The molecule has 1 aromatic carbocycles. The quantitative estimate of drug-likeness (QED) is 0.583. The Morgan fingerprint density at radius 3 is 2.70 bits per heavy atom. The molecular weight excluding hydrogens is 256 g/mol. The topological polar surface area (TPSA) is 93.3 Å². The summed E-state index contributed by atoms with van der Waals surface area (Å²) in [6, 6.07) is 4.99. The minimum Gasteiger partial charge on any atom is -0.504 e. The van der Waals surface area contributed by atoms with Crippen molar-refractivity contribution in [1.29, 1.82) is 0 Å². The average Bonchev–Trinajstić information content (AvgIpc) is 2.48. The van der Waals surface area contributed by atoms with E-state index in [0.717, 1.165) is 23.2 Å². The first kappa shape index (κ1) is 14.1. The molecule has 1 aromatic heterocycles. The molecule has 2 rings (SSSR count). The van der Waals surface area contributed by atoms with Crippen molar-refractivity contribution < 1.29 is 9.84 Å². The minimum atomic E-state index is 0.0799. The first-order valence-corrected chi connectivity index (χ1v) is 6.32. The molecule has 20 heavy (non-hydrogen) atoms. The van der Waals surface area contributed by atoms with Gasteiger partial charge >= 0.3 is 0 Å². The number of aromatic hydroxyl groups is 1. The summed E-state index contributed by atoms with van der Waals surface area (Å²) in [5, 5.41) is 9.63. The van der Waals surface area contributed by atoms with E-state index in [1.807, 2.05) is 13.8 Å². The van der Waals surface area contributed by atoms with Crippen molar-refractivity contribution in [3.8, 4) is 22.9 Å². The number of nitrogens with one attached hydrogen (secondary N) is 1. The SMILES string of the molecule is CCc1nc(-c2ccc(O)c(OC)c2)nc(NN)c1C. The Balaban J connectivity index is 2.57. The van der Waals surface area contributed by atoms with Gasteiger partial charge in [-0.1, -0.05) is 6.92 Å². The highest BCUT2D eigenvalue weighted by molar-refractivity contribution is 5.63. The second-order valence-corrected chi connectivity index (χ2v) is 4.35. The van der Waals surface area contributed by atoms with E-state index in [4.69, 9.17) is 10.6 Å². The summed E-state index contributed by atoms with van der Waals surface area (Å²) in [6.07, 6.45) is 0.783. The molecule has 0 atom stereocenters. The fourth-order valence-electron chi connectivity index (χ4n) is 1.99. The largest absolute Gasteiger partial charge is 0.504 e. The van der Waals surface area contributed by atoms with Gasteiger partial charge < -0.3 is 15.3 Å². The van der Waals surface area contributed by atoms with Crippen LogP contribution < -0.4 is 16.0 Å². The van der Waals surface area contributed by atoms with Gasteiger partial charge in [0.25, 0.3) is 0 Å². The van der Waals surface area contributed by atoms with Crippen LogP contribution in [0.15, 0.2) is 18.2 Å². The van der Waals surface area contributed by atoms with Crippen molar-refractivity contribution in [1.82, 2.24) is 9.97 Å². The zero-order valence-corrected chi connectivity index (χ0v) is 11.8. The van der Waals surface area contributed by atoms with Gasteiger partial charge in [-0.25, -0.2) is 15.8 Å². The molecule has 6 nitrogen and oxygen atoms in total. The number of anilines is 1. The van der Waals surface area contributed by atoms with E-state index in [0.29, 0.717) is 17.4 Å². The van der Waals surface area contributed by atoms with Crippen LogP contribution in [0.5, 0.6) is 11.5 Å². The molecule has 0 unspecified atom stereocenters. The predicted molar refractivity (Wildman–Crippen MR) is 77.6 cm³/mol. The lowest BCUT2D eigenvalue weighted by molar-refractivity contribution is 0.373. The number of hydrazine groups is 1. The molecule has 0 aliphatic rings. The number of nitrogens with zero attached hydrogens (tertiary/aromatic N) is 2. The van der Waals surface area contributed by atoms with E-state index in [2.05, 4.69) is 15.4 Å². The number of aromatic nitrogens is 2. The molecule has 0 fully saturated rings. The van der Waals surface area contributed by atoms with Crippen molar-refractivity contribution in [3.05, 3.63) is 29.5 Å². The van der Waals surface area contributed by atoms with Gasteiger partial charge in [0.2, 0.25) is 0 Å². The Labute approximate surface area is 117 Å². The molecule has 1 heterocycles. The third-order valence-corrected chi connectivity index (χ3v) is 3.16. The highest BCUT2D eigenvalue weighted by Crippen LogP contribution is 2.31. The van der Waals surface area contributed by atoms with Crippen LogP contribution in [0.4, 0.5) is 5.82 Å². The fourth-order valence-corrected chi connectivity index (χ4v) is 1.99. The summed E-state index contributed by atoms with van der Waals surface area (Å²) in [5.74, 6) is 7.09. The number of nitrogens with two attached hydrogens (primary N) is 1. The van der Waals surface area contributed by atoms with Gasteiger partial charge in [0.1, 0.15) is 5.82 Å². The summed E-state index contributed by atoms with van der Waals surface area (Å²) in [5.41, 5.74) is 5.20. The highest BCUT2D eigenvalue weighted by atomic mass is 16.5. The lowest BCUT2D eigenvalue weighted by Crippen LogP contribution is -2.13. The smallest absolute Gasteiger partial charge is 0.161 e. The minimum absolute atomic E-state index is 0.0799. The molecule has 0 aliphatic carbocycles. The van der Waals surface area contributed by atoms with Crippen molar-refractivity contribution in [2.24, 2.45) is 5.84 Å². The first-order valence-electron chi connectivity index (χ1n) is 6.32. The molecule has 0 saturated carbocycles. The molecule has 0 bridgehead atoms. The number of benzene rings is 1. The zero-order chi connectivity index (χ0) is 14.7. The van der Waals surface area contributed by atoms with Crippen LogP contribution >= 0.6 is 0 Å². The first-order chi connectivity index (χ1) is 9.60. The van der Waals surface area contributed by atoms with Crippen LogP contribution in [0.25, 0.3) is 11.4 Å². The number of phenolic OH excluding ortho intramolecular Hbond substituents is 1. The second-order valence-electron chi connectivity index (χ2n) is 4.35. The Morgan fingerprint density at radius 2 is 2.10 bits per heavy atom. The summed E-state index contributed by atoms with van der Waals surface area (Å²) in [4.78, 5) is 8.92. The van der Waals surface area contributed by atoms with Crippen LogP contribution in [-0.4, -0.2) is 22.2 Å². The van der Waals surface area contributed by atoms with E-state index in [-0.39, 0.29) is 5.75 Å². The maximum Gasteiger partial charge on any atom is 0.161 e. The van der Waals surface area contributed by atoms with E-state index >= 15 is 0 Å². The van der Waals surface area contributed by atoms with Gasteiger partial charge in [-0.15, -0.1) is 0 Å². The van der Waals surface area contributed by atoms with E-state index in [1.165, 1.54) is 7.11 Å². The zero-order valence-electron chi connectivity index (χ0n) is 11.8. The third-order valence-electron chi connectivity index (χ3n) is 3.16. The number of phenols is 1. The number of methoxy groups -OCH3 is 1. The van der Waals surface area contributed by atoms with Gasteiger partial charge in [-0.05, 0) is 31.5 Å². The predicted octanol–water partition coefficient (Wildman–Crippen LogP) is 2.01. The number of ether oxygens (including phenoxy) is 1. The molecule has 0 saturated heterocycles. The number of hydrogen-bond donors (Lipinski definition) is 3. The summed E-state index contributed by atoms with van der Waals surface area (Å²) in [6.45, 7) is 3.95. The monoisotopic (exact) mass is 274 g/mol. The summed E-state index contributed by atoms with van der Waals surface area (Å²) >= 11 is 0. The van der Waals surface area contributed by atoms with Crippen molar-refractivity contribution in [2.45, 2.75) is 20.3 Å². The van der Waals surface area contributed by atoms with Gasteiger partial charge in [0, 0.05) is 16.8 Å². The normalized spacial score (nSPS) is 10.4. The van der Waals surface area contributed by atoms with E-state index < -0.39 is 0 Å². The Bertz CT molecular complexity index is 604. The maximum absolute atomic E-state index is 9.63. The molecule has 0 aliphatic heterocycles. The van der Waals surface area contributed by atoms with Crippen LogP contribution in [0, 0.1) is 6.92 Å². The molecule has 0 spiro atoms. The maximum atomic E-state index is 9.63. The summed E-state index contributed by atoms with van der Waals surface area (Å²) < 4.78 is 5.10. The molecular formula is C14H18N4O2. The Morgan fingerprint density at radius 1 is 1.35 bits per heavy atom. The molecule has 2 aromatic rings. The van der Waals surface area contributed by atoms with Crippen molar-refractivity contribution in [3.63, 3.8) is 0 Å². The molecule has 0 amide bonds. The van der Waals surface area contributed by atoms with Gasteiger partial charge in [-0.3, -0.25) is 0 Å². The van der Waals surface area contributed by atoms with E-state index in [9.17, 15) is 5.11 Å². The highest BCUT2D eigenvalue weighted by Gasteiger charge is 2.12.